The molecule has 1 aromatic rings. The van der Waals surface area contributed by atoms with Crippen molar-refractivity contribution in [3.05, 3.63) is 34.4 Å². The van der Waals surface area contributed by atoms with Crippen LogP contribution in [0.5, 0.6) is 0 Å². The van der Waals surface area contributed by atoms with Crippen molar-refractivity contribution in [3.63, 3.8) is 0 Å². The highest BCUT2D eigenvalue weighted by atomic mass is 17.0. The fourth-order valence-corrected chi connectivity index (χ4v) is 3.25. The summed E-state index contributed by atoms with van der Waals surface area (Å²) in [5.74, 6) is -0.269. The second kappa shape index (κ2) is 7.12. The molecule has 0 N–H and O–H groups in total. The summed E-state index contributed by atoms with van der Waals surface area (Å²) < 4.78 is 0. The third-order valence-electron chi connectivity index (χ3n) is 4.58. The Morgan fingerprint density at radius 3 is 2.30 bits per heavy atom. The van der Waals surface area contributed by atoms with E-state index in [4.69, 9.17) is 14.9 Å². The molecule has 5 heteroatoms. The van der Waals surface area contributed by atoms with E-state index in [1.165, 1.54) is 5.56 Å². The van der Waals surface area contributed by atoms with Gasteiger partial charge in [-0.05, 0) is 37.5 Å². The molecule has 1 fully saturated rings. The molecule has 0 unspecified atom stereocenters. The standard InChI is InChI=1S/C18H25N2O3/c1-13-9-14(2)17(15(3)10-13)11-18(21)23-20(22-4)7-5-16(12-19)6-8-20/h9-10,16H,5-8,11H2,1-4H3/q+1. The van der Waals surface area contributed by atoms with Crippen LogP contribution in [0.3, 0.4) is 0 Å². The van der Waals surface area contributed by atoms with Gasteiger partial charge in [0.2, 0.25) is 0 Å². The molecule has 0 saturated carbocycles. The number of hydrogen-bond acceptors (Lipinski definition) is 4. The van der Waals surface area contributed by atoms with E-state index in [1.807, 2.05) is 20.8 Å². The molecule has 1 heterocycles. The second-order valence-corrected chi connectivity index (χ2v) is 6.37. The second-order valence-electron chi connectivity index (χ2n) is 6.37. The van der Waals surface area contributed by atoms with Gasteiger partial charge in [0.05, 0.1) is 18.4 Å². The number of nitrogens with zero attached hydrogens (tertiary/aromatic N) is 2. The molecule has 5 nitrogen and oxygen atoms in total. The molecule has 0 atom stereocenters. The Labute approximate surface area is 137 Å². The SMILES string of the molecule is CO[N+]1(OC(=O)Cc2c(C)cc(C)cc2C)CCC(C#N)CC1. The predicted octanol–water partition coefficient (Wildman–Crippen LogP) is 2.92. The lowest BCUT2D eigenvalue weighted by Crippen LogP contribution is -2.53. The van der Waals surface area contributed by atoms with Crippen molar-refractivity contribution in [2.75, 3.05) is 20.2 Å². The van der Waals surface area contributed by atoms with Crippen LogP contribution in [0.25, 0.3) is 0 Å². The molecule has 0 amide bonds. The highest BCUT2D eigenvalue weighted by molar-refractivity contribution is 5.73. The first-order chi connectivity index (χ1) is 10.9. The number of carbonyl (C=O) groups is 1. The minimum Gasteiger partial charge on any atom is -0.245 e. The normalized spacial score (nSPS) is 24.0. The van der Waals surface area contributed by atoms with E-state index in [1.54, 1.807) is 7.11 Å². The zero-order valence-corrected chi connectivity index (χ0v) is 14.4. The molecule has 124 valence electrons. The van der Waals surface area contributed by atoms with Crippen molar-refractivity contribution in [1.29, 1.82) is 5.26 Å². The topological polar surface area (TPSA) is 59.3 Å². The molecule has 0 aliphatic carbocycles. The maximum absolute atomic E-state index is 12.4. The van der Waals surface area contributed by atoms with Crippen LogP contribution in [0.4, 0.5) is 0 Å². The summed E-state index contributed by atoms with van der Waals surface area (Å²) in [5.41, 5.74) is 4.41. The van der Waals surface area contributed by atoms with Crippen molar-refractivity contribution >= 4 is 5.97 Å². The first-order valence-electron chi connectivity index (χ1n) is 8.00. The van der Waals surface area contributed by atoms with E-state index in [0.717, 1.165) is 16.7 Å². The molecule has 1 aromatic carbocycles. The Morgan fingerprint density at radius 2 is 1.83 bits per heavy atom. The van der Waals surface area contributed by atoms with E-state index >= 15 is 0 Å². The molecule has 0 bridgehead atoms. The number of quaternary nitrogens is 1. The molecular formula is C18H25N2O3+. The molecule has 0 aromatic heterocycles. The highest BCUT2D eigenvalue weighted by Gasteiger charge is 2.40. The van der Waals surface area contributed by atoms with Gasteiger partial charge in [0.1, 0.15) is 7.11 Å². The van der Waals surface area contributed by atoms with Crippen LogP contribution < -0.4 is 0 Å². The van der Waals surface area contributed by atoms with Gasteiger partial charge in [0.25, 0.3) is 0 Å². The molecule has 2 rings (SSSR count). The molecule has 1 saturated heterocycles. The average Bonchev–Trinajstić information content (AvgIpc) is 2.51. The summed E-state index contributed by atoms with van der Waals surface area (Å²) in [5, 5.41) is 8.99. The fourth-order valence-electron chi connectivity index (χ4n) is 3.25. The van der Waals surface area contributed by atoms with Gasteiger partial charge in [-0.15, -0.1) is 0 Å². The van der Waals surface area contributed by atoms with E-state index in [0.29, 0.717) is 25.9 Å². The predicted molar refractivity (Wildman–Crippen MR) is 85.8 cm³/mol. The summed E-state index contributed by atoms with van der Waals surface area (Å²) in [6.45, 7) is 7.12. The smallest absolute Gasteiger partial charge is 0.245 e. The molecule has 1 aliphatic rings. The van der Waals surface area contributed by atoms with Crippen LogP contribution in [0, 0.1) is 38.0 Å². The van der Waals surface area contributed by atoms with E-state index in [2.05, 4.69) is 18.2 Å². The van der Waals surface area contributed by atoms with Gasteiger partial charge in [-0.25, -0.2) is 9.63 Å². The van der Waals surface area contributed by atoms with Crippen LogP contribution in [0.15, 0.2) is 12.1 Å². The van der Waals surface area contributed by atoms with Crippen LogP contribution in [-0.2, 0) is 20.9 Å². The van der Waals surface area contributed by atoms with Crippen molar-refractivity contribution in [1.82, 2.24) is 0 Å². The summed E-state index contributed by atoms with van der Waals surface area (Å²) in [7, 11) is 1.54. The Morgan fingerprint density at radius 1 is 1.26 bits per heavy atom. The monoisotopic (exact) mass is 317 g/mol. The number of rotatable bonds is 4. The van der Waals surface area contributed by atoms with E-state index in [-0.39, 0.29) is 23.1 Å². The lowest BCUT2D eigenvalue weighted by atomic mass is 9.97. The van der Waals surface area contributed by atoms with Gasteiger partial charge in [0.15, 0.2) is 13.1 Å². The molecule has 23 heavy (non-hydrogen) atoms. The van der Waals surface area contributed by atoms with Gasteiger partial charge in [0, 0.05) is 17.7 Å². The minimum absolute atomic E-state index is 0.0247. The Kier molecular flexibility index (Phi) is 5.40. The number of nitriles is 1. The number of aryl methyl sites for hydroxylation is 3. The summed E-state index contributed by atoms with van der Waals surface area (Å²) in [6, 6.07) is 6.43. The van der Waals surface area contributed by atoms with Gasteiger partial charge < -0.3 is 0 Å². The van der Waals surface area contributed by atoms with Gasteiger partial charge in [-0.1, -0.05) is 17.7 Å². The largest absolute Gasteiger partial charge is 0.375 e. The Hall–Kier alpha value is -1.90. The molecule has 0 radical (unpaired) electrons. The first-order valence-corrected chi connectivity index (χ1v) is 8.00. The average molecular weight is 317 g/mol. The lowest BCUT2D eigenvalue weighted by Gasteiger charge is -2.34. The minimum atomic E-state index is -0.294. The van der Waals surface area contributed by atoms with Crippen LogP contribution in [-0.4, -0.2) is 31.0 Å². The number of carbonyl (C=O) groups excluding carboxylic acids is 1. The van der Waals surface area contributed by atoms with Crippen LogP contribution in [0.2, 0.25) is 0 Å². The first kappa shape index (κ1) is 17.5. The number of hydroxylamine groups is 4. The van der Waals surface area contributed by atoms with Crippen molar-refractivity contribution in [2.45, 2.75) is 40.0 Å². The number of piperidine rings is 1. The zero-order chi connectivity index (χ0) is 17.0. The molecule has 0 spiro atoms. The number of hydrogen-bond donors (Lipinski definition) is 0. The maximum Gasteiger partial charge on any atom is 0.375 e. The lowest BCUT2D eigenvalue weighted by molar-refractivity contribution is -1.23. The maximum atomic E-state index is 12.4. The van der Waals surface area contributed by atoms with E-state index in [9.17, 15) is 4.79 Å². The quantitative estimate of drug-likeness (QED) is 0.801. The van der Waals surface area contributed by atoms with Crippen molar-refractivity contribution in [2.24, 2.45) is 5.92 Å². The Bertz CT molecular complexity index is 603. The Balaban J connectivity index is 2.06. The van der Waals surface area contributed by atoms with Gasteiger partial charge in [-0.2, -0.15) is 10.1 Å². The number of benzene rings is 1. The van der Waals surface area contributed by atoms with Crippen molar-refractivity contribution < 1.29 is 19.3 Å². The molecular weight excluding hydrogens is 292 g/mol. The van der Waals surface area contributed by atoms with Crippen LogP contribution >= 0.6 is 0 Å². The third-order valence-corrected chi connectivity index (χ3v) is 4.58. The third kappa shape index (κ3) is 4.10. The summed E-state index contributed by atoms with van der Waals surface area (Å²) in [4.78, 5) is 23.3. The highest BCUT2D eigenvalue weighted by Crippen LogP contribution is 2.25. The van der Waals surface area contributed by atoms with Crippen molar-refractivity contribution in [3.8, 4) is 6.07 Å². The summed E-state index contributed by atoms with van der Waals surface area (Å²) >= 11 is 0. The zero-order valence-electron chi connectivity index (χ0n) is 14.4. The van der Waals surface area contributed by atoms with Gasteiger partial charge >= 0.3 is 5.97 Å². The fraction of sp³-hybridized carbons (Fsp3) is 0.556. The van der Waals surface area contributed by atoms with Gasteiger partial charge in [-0.3, -0.25) is 0 Å². The van der Waals surface area contributed by atoms with Crippen LogP contribution in [0.1, 0.15) is 35.1 Å². The van der Waals surface area contributed by atoms with E-state index < -0.39 is 0 Å². The summed E-state index contributed by atoms with van der Waals surface area (Å²) in [6.07, 6.45) is 1.60. The molecule has 1 aliphatic heterocycles.